The molecule has 2 unspecified atom stereocenters. The summed E-state index contributed by atoms with van der Waals surface area (Å²) >= 11 is 3.72. The van der Waals surface area contributed by atoms with Crippen molar-refractivity contribution in [3.05, 3.63) is 72.3 Å². The zero-order chi connectivity index (χ0) is 17.6. The summed E-state index contributed by atoms with van der Waals surface area (Å²) < 4.78 is 11.4. The second kappa shape index (κ2) is 8.50. The minimum atomic E-state index is -0.309. The number of hydrogen-bond acceptors (Lipinski definition) is 5. The van der Waals surface area contributed by atoms with Crippen molar-refractivity contribution in [1.29, 1.82) is 0 Å². The van der Waals surface area contributed by atoms with Crippen molar-refractivity contribution in [3.8, 4) is 11.5 Å². The molecule has 0 aliphatic carbocycles. The van der Waals surface area contributed by atoms with Crippen LogP contribution in [0.4, 0.5) is 0 Å². The van der Waals surface area contributed by atoms with Gasteiger partial charge in [0.25, 0.3) is 0 Å². The molecule has 0 bridgehead atoms. The van der Waals surface area contributed by atoms with E-state index in [0.29, 0.717) is 22.0 Å². The van der Waals surface area contributed by atoms with Gasteiger partial charge < -0.3 is 9.47 Å². The van der Waals surface area contributed by atoms with Crippen LogP contribution in [0.2, 0.25) is 0 Å². The second-order valence-electron chi connectivity index (χ2n) is 5.79. The number of para-hydroxylation sites is 1. The molecule has 2 aromatic carbocycles. The van der Waals surface area contributed by atoms with E-state index in [0.717, 1.165) is 17.3 Å². The molecule has 1 saturated heterocycles. The molecule has 25 heavy (non-hydrogen) atoms. The lowest BCUT2D eigenvalue weighted by Crippen LogP contribution is -2.16. The minimum absolute atomic E-state index is 0.309. The van der Waals surface area contributed by atoms with Crippen LogP contribution in [0.1, 0.15) is 17.1 Å². The first-order valence-corrected chi connectivity index (χ1v) is 10.0. The molecule has 0 aromatic heterocycles. The van der Waals surface area contributed by atoms with Gasteiger partial charge in [-0.1, -0.05) is 36.9 Å². The highest BCUT2D eigenvalue weighted by Crippen LogP contribution is 2.49. The van der Waals surface area contributed by atoms with Gasteiger partial charge in [-0.25, -0.2) is 4.79 Å². The van der Waals surface area contributed by atoms with Crippen LogP contribution in [-0.4, -0.2) is 23.6 Å². The number of esters is 1. The summed E-state index contributed by atoms with van der Waals surface area (Å²) in [7, 11) is 0. The van der Waals surface area contributed by atoms with Crippen molar-refractivity contribution in [2.45, 2.75) is 16.8 Å². The Kier molecular flexibility index (Phi) is 6.10. The first-order chi connectivity index (χ1) is 12.1. The van der Waals surface area contributed by atoms with Crippen LogP contribution in [0, 0.1) is 0 Å². The van der Waals surface area contributed by atoms with E-state index in [1.807, 2.05) is 66.0 Å². The summed E-state index contributed by atoms with van der Waals surface area (Å²) in [6.07, 6.45) is 0. The average Bonchev–Trinajstić information content (AvgIpc) is 3.10. The van der Waals surface area contributed by atoms with Gasteiger partial charge in [0.15, 0.2) is 0 Å². The summed E-state index contributed by atoms with van der Waals surface area (Å²) in [5.41, 5.74) is 1.70. The van der Waals surface area contributed by atoms with Crippen LogP contribution >= 0.6 is 23.5 Å². The molecule has 1 aliphatic heterocycles. The largest absolute Gasteiger partial charge is 0.461 e. The lowest BCUT2D eigenvalue weighted by molar-refractivity contribution is -0.138. The predicted molar refractivity (Wildman–Crippen MR) is 105 cm³/mol. The molecular formula is C20H20O3S2. The molecular weight excluding hydrogens is 352 g/mol. The number of thioether (sulfide) groups is 2. The molecule has 1 heterocycles. The van der Waals surface area contributed by atoms with Gasteiger partial charge in [-0.2, -0.15) is 0 Å². The van der Waals surface area contributed by atoms with Crippen molar-refractivity contribution in [1.82, 2.24) is 0 Å². The van der Waals surface area contributed by atoms with Gasteiger partial charge in [-0.05, 0) is 36.8 Å². The van der Waals surface area contributed by atoms with Crippen LogP contribution in [0.3, 0.4) is 0 Å². The fourth-order valence-corrected chi connectivity index (χ4v) is 5.54. The maximum absolute atomic E-state index is 11.5. The lowest BCUT2D eigenvalue weighted by Gasteiger charge is -2.12. The molecule has 2 aromatic rings. The molecule has 2 atom stereocenters. The Labute approximate surface area is 156 Å². The van der Waals surface area contributed by atoms with E-state index in [4.69, 9.17) is 9.47 Å². The fraction of sp³-hybridized carbons (Fsp3) is 0.250. The second-order valence-corrected chi connectivity index (χ2v) is 8.63. The van der Waals surface area contributed by atoms with Crippen LogP contribution in [0.15, 0.2) is 66.7 Å². The molecule has 0 N–H and O–H groups in total. The Hall–Kier alpha value is -1.85. The molecule has 0 amide bonds. The first-order valence-electron chi connectivity index (χ1n) is 8.04. The van der Waals surface area contributed by atoms with Gasteiger partial charge in [0.1, 0.15) is 18.1 Å². The molecule has 0 radical (unpaired) electrons. The van der Waals surface area contributed by atoms with Gasteiger partial charge >= 0.3 is 5.97 Å². The molecule has 3 nitrogen and oxygen atoms in total. The van der Waals surface area contributed by atoms with E-state index in [1.165, 1.54) is 5.56 Å². The maximum atomic E-state index is 11.5. The maximum Gasteiger partial charge on any atom is 0.333 e. The number of rotatable bonds is 6. The van der Waals surface area contributed by atoms with E-state index < -0.39 is 0 Å². The van der Waals surface area contributed by atoms with Crippen molar-refractivity contribution in [3.63, 3.8) is 0 Å². The average molecular weight is 373 g/mol. The highest BCUT2D eigenvalue weighted by Gasteiger charge is 2.28. The van der Waals surface area contributed by atoms with E-state index in [2.05, 4.69) is 18.7 Å². The molecule has 1 fully saturated rings. The Balaban J connectivity index is 1.53. The van der Waals surface area contributed by atoms with E-state index >= 15 is 0 Å². The normalized spacial score (nSPS) is 19.4. The van der Waals surface area contributed by atoms with Crippen LogP contribution in [0.25, 0.3) is 0 Å². The summed E-state index contributed by atoms with van der Waals surface area (Å²) in [5, 5.41) is 0.318. The van der Waals surface area contributed by atoms with Crippen molar-refractivity contribution in [2.75, 3.05) is 12.4 Å². The third kappa shape index (κ3) is 5.06. The van der Waals surface area contributed by atoms with E-state index in [-0.39, 0.29) is 5.97 Å². The molecule has 130 valence electrons. The Morgan fingerprint density at radius 1 is 1.12 bits per heavy atom. The minimum Gasteiger partial charge on any atom is -0.461 e. The summed E-state index contributed by atoms with van der Waals surface area (Å²) in [4.78, 5) is 11.5. The van der Waals surface area contributed by atoms with Crippen LogP contribution in [0.5, 0.6) is 11.5 Å². The van der Waals surface area contributed by atoms with Gasteiger partial charge in [-0.15, -0.1) is 23.5 Å². The van der Waals surface area contributed by atoms with Gasteiger partial charge in [0.05, 0.1) is 4.58 Å². The number of benzene rings is 2. The van der Waals surface area contributed by atoms with Gasteiger partial charge in [0.2, 0.25) is 0 Å². The van der Waals surface area contributed by atoms with Gasteiger partial charge in [0, 0.05) is 16.6 Å². The highest BCUT2D eigenvalue weighted by atomic mass is 32.2. The Morgan fingerprint density at radius 3 is 2.48 bits per heavy atom. The monoisotopic (exact) mass is 372 g/mol. The van der Waals surface area contributed by atoms with Crippen LogP contribution < -0.4 is 4.74 Å². The van der Waals surface area contributed by atoms with Crippen LogP contribution in [-0.2, 0) is 9.53 Å². The molecule has 5 heteroatoms. The molecule has 0 spiro atoms. The topological polar surface area (TPSA) is 35.5 Å². The van der Waals surface area contributed by atoms with Crippen molar-refractivity contribution < 1.29 is 14.3 Å². The standard InChI is InChI=1S/C20H20O3S2/c1-14(2)19(21)22-12-18-13-24-20(25-18)15-8-10-17(11-9-15)23-16-6-4-3-5-7-16/h3-11,18,20H,1,12-13H2,2H3. The number of carbonyl (C=O) groups is 1. The zero-order valence-corrected chi connectivity index (χ0v) is 15.6. The van der Waals surface area contributed by atoms with E-state index in [1.54, 1.807) is 6.92 Å². The summed E-state index contributed by atoms with van der Waals surface area (Å²) in [6, 6.07) is 18.0. The summed E-state index contributed by atoms with van der Waals surface area (Å²) in [5.74, 6) is 2.33. The quantitative estimate of drug-likeness (QED) is 0.498. The Bertz CT molecular complexity index is 728. The number of carbonyl (C=O) groups excluding carboxylic acids is 1. The number of ether oxygens (including phenoxy) is 2. The first kappa shape index (κ1) is 18.0. The van der Waals surface area contributed by atoms with Crippen molar-refractivity contribution >= 4 is 29.5 Å². The third-order valence-corrected chi connectivity index (χ3v) is 6.96. The van der Waals surface area contributed by atoms with Gasteiger partial charge in [-0.3, -0.25) is 0 Å². The fourth-order valence-electron chi connectivity index (χ4n) is 2.32. The summed E-state index contributed by atoms with van der Waals surface area (Å²) in [6.45, 7) is 5.71. The SMILES string of the molecule is C=C(C)C(=O)OCC1CSC(c2ccc(Oc3ccccc3)cc2)S1. The highest BCUT2D eigenvalue weighted by molar-refractivity contribution is 8.19. The third-order valence-electron chi connectivity index (χ3n) is 3.63. The zero-order valence-electron chi connectivity index (χ0n) is 14.0. The lowest BCUT2D eigenvalue weighted by atomic mass is 10.2. The number of hydrogen-bond donors (Lipinski definition) is 0. The Morgan fingerprint density at radius 2 is 1.80 bits per heavy atom. The molecule has 3 rings (SSSR count). The molecule has 0 saturated carbocycles. The predicted octanol–water partition coefficient (Wildman–Crippen LogP) is 5.45. The van der Waals surface area contributed by atoms with Crippen molar-refractivity contribution in [2.24, 2.45) is 0 Å². The van der Waals surface area contributed by atoms with E-state index in [9.17, 15) is 4.79 Å². The molecule has 1 aliphatic rings. The smallest absolute Gasteiger partial charge is 0.333 e.